The number of hydrogen-bond donors (Lipinski definition) is 1. The smallest absolute Gasteiger partial charge is 0.240 e. The van der Waals surface area contributed by atoms with Crippen LogP contribution in [-0.4, -0.2) is 49.9 Å². The third-order valence-corrected chi connectivity index (χ3v) is 7.73. The highest BCUT2D eigenvalue weighted by molar-refractivity contribution is 7.92. The largest absolute Gasteiger partial charge is 0.493 e. The van der Waals surface area contributed by atoms with E-state index in [1.54, 1.807) is 39.3 Å². The quantitative estimate of drug-likeness (QED) is 0.654. The summed E-state index contributed by atoms with van der Waals surface area (Å²) in [5.74, 6) is 1.19. The topological polar surface area (TPSA) is 102 Å². The highest BCUT2D eigenvalue weighted by Gasteiger charge is 2.28. The Morgan fingerprint density at radius 2 is 1.73 bits per heavy atom. The zero-order chi connectivity index (χ0) is 22.1. The fourth-order valence-corrected chi connectivity index (χ4v) is 5.85. The molecule has 0 saturated heterocycles. The van der Waals surface area contributed by atoms with Gasteiger partial charge in [-0.2, -0.15) is 0 Å². The molecule has 0 aliphatic carbocycles. The number of benzene rings is 2. The molecule has 1 N–H and O–H groups in total. The second kappa shape index (κ2) is 8.44. The van der Waals surface area contributed by atoms with Crippen LogP contribution in [-0.2, 0) is 32.9 Å². The Hall–Kier alpha value is -2.30. The summed E-state index contributed by atoms with van der Waals surface area (Å²) in [6, 6.07) is 9.63. The average Bonchev–Trinajstić information content (AvgIpc) is 3.11. The van der Waals surface area contributed by atoms with E-state index in [0.717, 1.165) is 11.8 Å². The molecule has 0 radical (unpaired) electrons. The predicted octanol–water partition coefficient (Wildman–Crippen LogP) is 1.94. The molecule has 2 aromatic rings. The minimum atomic E-state index is -3.76. The standard InChI is InChI=1S/C20H26N2O6S2/c1-14(11-15-5-8-19(27-2)20(12-15)28-3)21-30(25,26)17-6-7-18-16(13-17)9-10-22(18)29(4,23)24/h5-8,12-14,21H,9-11H2,1-4H3/t14-/m0/s1. The van der Waals surface area contributed by atoms with Crippen LogP contribution in [0.1, 0.15) is 18.1 Å². The molecule has 164 valence electrons. The Labute approximate surface area is 177 Å². The molecule has 0 unspecified atom stereocenters. The molecule has 0 aromatic heterocycles. The van der Waals surface area contributed by atoms with Crippen molar-refractivity contribution in [1.82, 2.24) is 4.72 Å². The van der Waals surface area contributed by atoms with Gasteiger partial charge in [-0.15, -0.1) is 0 Å². The highest BCUT2D eigenvalue weighted by atomic mass is 32.2. The average molecular weight is 455 g/mol. The van der Waals surface area contributed by atoms with Gasteiger partial charge in [0.25, 0.3) is 0 Å². The second-order valence-corrected chi connectivity index (χ2v) is 10.9. The van der Waals surface area contributed by atoms with Crippen LogP contribution >= 0.6 is 0 Å². The lowest BCUT2D eigenvalue weighted by Crippen LogP contribution is -2.34. The van der Waals surface area contributed by atoms with Gasteiger partial charge in [-0.1, -0.05) is 6.07 Å². The minimum Gasteiger partial charge on any atom is -0.493 e. The fraction of sp³-hybridized carbons (Fsp3) is 0.400. The van der Waals surface area contributed by atoms with Gasteiger partial charge in [-0.25, -0.2) is 21.6 Å². The van der Waals surface area contributed by atoms with Gasteiger partial charge in [0.15, 0.2) is 11.5 Å². The van der Waals surface area contributed by atoms with Crippen LogP contribution in [0.5, 0.6) is 11.5 Å². The number of nitrogens with one attached hydrogen (secondary N) is 1. The van der Waals surface area contributed by atoms with Crippen molar-refractivity contribution in [2.24, 2.45) is 0 Å². The van der Waals surface area contributed by atoms with E-state index in [4.69, 9.17) is 9.47 Å². The number of hydrogen-bond acceptors (Lipinski definition) is 6. The van der Waals surface area contributed by atoms with Crippen LogP contribution in [0.15, 0.2) is 41.3 Å². The molecule has 10 heteroatoms. The van der Waals surface area contributed by atoms with Crippen molar-refractivity contribution in [1.29, 1.82) is 0 Å². The lowest BCUT2D eigenvalue weighted by Gasteiger charge is -2.18. The first-order chi connectivity index (χ1) is 14.0. The third kappa shape index (κ3) is 4.71. The minimum absolute atomic E-state index is 0.121. The maximum atomic E-state index is 12.8. The van der Waals surface area contributed by atoms with E-state index >= 15 is 0 Å². The highest BCUT2D eigenvalue weighted by Crippen LogP contribution is 2.32. The van der Waals surface area contributed by atoms with E-state index < -0.39 is 20.0 Å². The number of fused-ring (bicyclic) bond motifs is 1. The SMILES string of the molecule is COc1ccc(C[C@H](C)NS(=O)(=O)c2ccc3c(c2)CCN3S(C)(=O)=O)cc1OC. The molecule has 1 heterocycles. The van der Waals surface area contributed by atoms with E-state index in [2.05, 4.69) is 4.72 Å². The van der Waals surface area contributed by atoms with Crippen molar-refractivity contribution in [3.05, 3.63) is 47.5 Å². The Bertz CT molecular complexity index is 1150. The summed E-state index contributed by atoms with van der Waals surface area (Å²) in [5, 5.41) is 0. The molecule has 1 atom stereocenters. The normalized spacial score (nSPS) is 15.0. The number of anilines is 1. The predicted molar refractivity (Wildman–Crippen MR) is 115 cm³/mol. The van der Waals surface area contributed by atoms with E-state index in [0.29, 0.717) is 42.1 Å². The van der Waals surface area contributed by atoms with Gasteiger partial charge in [-0.05, 0) is 61.2 Å². The summed E-state index contributed by atoms with van der Waals surface area (Å²) in [4.78, 5) is 0.121. The van der Waals surface area contributed by atoms with E-state index in [1.807, 2.05) is 12.1 Å². The maximum Gasteiger partial charge on any atom is 0.240 e. The maximum absolute atomic E-state index is 12.8. The second-order valence-electron chi connectivity index (χ2n) is 7.29. The molecule has 0 amide bonds. The van der Waals surface area contributed by atoms with Crippen LogP contribution < -0.4 is 18.5 Å². The molecule has 1 aliphatic rings. The number of ether oxygens (including phenoxy) is 2. The number of sulfonamides is 2. The third-order valence-electron chi connectivity index (χ3n) is 4.96. The molecular weight excluding hydrogens is 428 g/mol. The summed E-state index contributed by atoms with van der Waals surface area (Å²) in [6.07, 6.45) is 2.09. The Balaban J connectivity index is 1.75. The van der Waals surface area contributed by atoms with Crippen LogP contribution in [0.2, 0.25) is 0 Å². The summed E-state index contributed by atoms with van der Waals surface area (Å²) >= 11 is 0. The van der Waals surface area contributed by atoms with Crippen LogP contribution in [0, 0.1) is 0 Å². The molecule has 8 nitrogen and oxygen atoms in total. The summed E-state index contributed by atoms with van der Waals surface area (Å²) < 4.78 is 63.9. The van der Waals surface area contributed by atoms with Gasteiger partial charge in [0.05, 0.1) is 31.1 Å². The van der Waals surface area contributed by atoms with Crippen molar-refractivity contribution in [3.8, 4) is 11.5 Å². The van der Waals surface area contributed by atoms with Crippen molar-refractivity contribution in [2.45, 2.75) is 30.7 Å². The summed E-state index contributed by atoms with van der Waals surface area (Å²) in [7, 11) is -4.03. The first kappa shape index (κ1) is 22.4. The van der Waals surface area contributed by atoms with Gasteiger partial charge in [0, 0.05) is 12.6 Å². The summed E-state index contributed by atoms with van der Waals surface area (Å²) in [5.41, 5.74) is 2.14. The lowest BCUT2D eigenvalue weighted by atomic mass is 10.1. The lowest BCUT2D eigenvalue weighted by molar-refractivity contribution is 0.354. The van der Waals surface area contributed by atoms with E-state index in [1.165, 1.54) is 10.4 Å². The molecule has 3 rings (SSSR count). The number of nitrogens with zero attached hydrogens (tertiary/aromatic N) is 1. The van der Waals surface area contributed by atoms with E-state index in [9.17, 15) is 16.8 Å². The van der Waals surface area contributed by atoms with Crippen molar-refractivity contribution < 1.29 is 26.3 Å². The molecule has 1 aliphatic heterocycles. The van der Waals surface area contributed by atoms with Gasteiger partial charge < -0.3 is 9.47 Å². The van der Waals surface area contributed by atoms with Gasteiger partial charge in [0.1, 0.15) is 0 Å². The molecule has 0 fully saturated rings. The molecule has 0 spiro atoms. The molecule has 0 saturated carbocycles. The zero-order valence-electron chi connectivity index (χ0n) is 17.4. The Morgan fingerprint density at radius 1 is 1.03 bits per heavy atom. The van der Waals surface area contributed by atoms with Gasteiger partial charge >= 0.3 is 0 Å². The Kier molecular flexibility index (Phi) is 6.30. The Morgan fingerprint density at radius 3 is 2.37 bits per heavy atom. The van der Waals surface area contributed by atoms with Crippen LogP contribution in [0.25, 0.3) is 0 Å². The molecule has 0 bridgehead atoms. The molecular formula is C20H26N2O6S2. The van der Waals surface area contributed by atoms with Gasteiger partial charge in [-0.3, -0.25) is 4.31 Å². The van der Waals surface area contributed by atoms with Gasteiger partial charge in [0.2, 0.25) is 20.0 Å². The monoisotopic (exact) mass is 454 g/mol. The first-order valence-electron chi connectivity index (χ1n) is 9.39. The summed E-state index contributed by atoms with van der Waals surface area (Å²) in [6.45, 7) is 2.10. The van der Waals surface area contributed by atoms with Crippen LogP contribution in [0.3, 0.4) is 0 Å². The number of rotatable bonds is 8. The van der Waals surface area contributed by atoms with Crippen molar-refractivity contribution in [2.75, 3.05) is 31.3 Å². The number of methoxy groups -OCH3 is 2. The molecule has 30 heavy (non-hydrogen) atoms. The van der Waals surface area contributed by atoms with Crippen molar-refractivity contribution >= 4 is 25.7 Å². The molecule has 2 aromatic carbocycles. The zero-order valence-corrected chi connectivity index (χ0v) is 19.0. The first-order valence-corrected chi connectivity index (χ1v) is 12.7. The van der Waals surface area contributed by atoms with Crippen LogP contribution in [0.4, 0.5) is 5.69 Å². The van der Waals surface area contributed by atoms with Crippen molar-refractivity contribution in [3.63, 3.8) is 0 Å². The van der Waals surface area contributed by atoms with E-state index in [-0.39, 0.29) is 10.9 Å². The fourth-order valence-electron chi connectivity index (χ4n) is 3.60.